The Morgan fingerprint density at radius 1 is 1.60 bits per heavy atom. The molecule has 4 nitrogen and oxygen atoms in total. The smallest absolute Gasteiger partial charge is 0.317 e. The highest BCUT2D eigenvalue weighted by atomic mass is 32.2. The topological polar surface area (TPSA) is 66.0 Å². The van der Waals surface area contributed by atoms with E-state index < -0.39 is 11.2 Å². The van der Waals surface area contributed by atoms with Gasteiger partial charge in [0, 0.05) is 22.8 Å². The molecule has 1 aliphatic heterocycles. The summed E-state index contributed by atoms with van der Waals surface area (Å²) in [6, 6.07) is 4.05. The van der Waals surface area contributed by atoms with Gasteiger partial charge in [-0.1, -0.05) is 37.0 Å². The number of nitrogens with zero attached hydrogens (tertiary/aromatic N) is 1. The van der Waals surface area contributed by atoms with Gasteiger partial charge in [-0.2, -0.15) is 0 Å². The van der Waals surface area contributed by atoms with Crippen molar-refractivity contribution >= 4 is 41.3 Å². The summed E-state index contributed by atoms with van der Waals surface area (Å²) in [6.07, 6.45) is 0.696. The van der Waals surface area contributed by atoms with Crippen molar-refractivity contribution in [3.05, 3.63) is 38.4 Å². The van der Waals surface area contributed by atoms with Gasteiger partial charge in [0.1, 0.15) is 20.7 Å². The zero-order valence-corrected chi connectivity index (χ0v) is 13.1. The van der Waals surface area contributed by atoms with Crippen LogP contribution in [0.25, 0.3) is 0 Å². The molecule has 0 radical (unpaired) electrons. The van der Waals surface area contributed by atoms with Crippen LogP contribution in [0.15, 0.2) is 22.5 Å². The molecule has 0 fully saturated rings. The van der Waals surface area contributed by atoms with Gasteiger partial charge in [0.05, 0.1) is 0 Å². The van der Waals surface area contributed by atoms with Crippen molar-refractivity contribution < 1.29 is 9.90 Å². The average molecular weight is 324 g/mol. The Labute approximate surface area is 129 Å². The number of carbonyl (C=O) groups is 1. The molecule has 2 N–H and O–H groups in total. The van der Waals surface area contributed by atoms with Crippen LogP contribution in [-0.4, -0.2) is 26.3 Å². The van der Waals surface area contributed by atoms with E-state index in [0.29, 0.717) is 11.1 Å². The molecule has 0 aliphatic carbocycles. The molecule has 3 heterocycles. The Balaban J connectivity index is 1.97. The highest BCUT2D eigenvalue weighted by Gasteiger charge is 2.37. The van der Waals surface area contributed by atoms with Crippen LogP contribution in [0.1, 0.15) is 29.1 Å². The van der Waals surface area contributed by atoms with Gasteiger partial charge < -0.3 is 10.1 Å². The zero-order valence-electron chi connectivity index (χ0n) is 10.6. The van der Waals surface area contributed by atoms with Crippen molar-refractivity contribution in [3.8, 4) is 0 Å². The van der Waals surface area contributed by atoms with Gasteiger partial charge in [0.15, 0.2) is 0 Å². The van der Waals surface area contributed by atoms with Gasteiger partial charge in [-0.05, 0) is 11.4 Å². The molecule has 0 saturated heterocycles. The van der Waals surface area contributed by atoms with E-state index in [1.54, 1.807) is 11.3 Å². The normalized spacial score (nSPS) is 20.9. The van der Waals surface area contributed by atoms with E-state index in [0.717, 1.165) is 16.4 Å². The minimum Gasteiger partial charge on any atom is -0.480 e. The molecule has 7 heteroatoms. The number of hydrogen-bond acceptors (Lipinski definition) is 5. The molecule has 2 aromatic rings. The summed E-state index contributed by atoms with van der Waals surface area (Å²) in [5.74, 6) is -0.129. The summed E-state index contributed by atoms with van der Waals surface area (Å²) >= 11 is 8.35. The number of rotatable bonds is 3. The maximum absolute atomic E-state index is 11.2. The molecule has 2 aromatic heterocycles. The number of thioether (sulfide) groups is 1. The number of H-pyrrole nitrogens is 1. The molecule has 0 bridgehead atoms. The molecule has 104 valence electrons. The van der Waals surface area contributed by atoms with Crippen LogP contribution >= 0.6 is 35.3 Å². The molecule has 3 rings (SSSR count). The third-order valence-electron chi connectivity index (χ3n) is 3.28. The lowest BCUT2D eigenvalue weighted by molar-refractivity contribution is -0.136. The monoisotopic (exact) mass is 324 g/mol. The van der Waals surface area contributed by atoms with Crippen molar-refractivity contribution in [1.29, 1.82) is 0 Å². The summed E-state index contributed by atoms with van der Waals surface area (Å²) in [6.45, 7) is 1.89. The maximum atomic E-state index is 11.2. The van der Waals surface area contributed by atoms with E-state index in [4.69, 9.17) is 12.2 Å². The van der Waals surface area contributed by atoms with E-state index in [2.05, 4.69) is 9.97 Å². The van der Waals surface area contributed by atoms with Gasteiger partial charge in [-0.3, -0.25) is 4.79 Å². The summed E-state index contributed by atoms with van der Waals surface area (Å²) in [5, 5.41) is 11.5. The number of nitrogens with one attached hydrogen (secondary N) is 1. The third-order valence-corrected chi connectivity index (χ3v) is 5.88. The van der Waals surface area contributed by atoms with E-state index in [9.17, 15) is 9.90 Å². The van der Waals surface area contributed by atoms with E-state index >= 15 is 0 Å². The fraction of sp³-hybridized carbons (Fsp3) is 0.308. The number of carboxylic acid groups (broad SMARTS) is 1. The molecule has 0 saturated carbocycles. The van der Waals surface area contributed by atoms with Crippen LogP contribution in [0.2, 0.25) is 0 Å². The van der Waals surface area contributed by atoms with E-state index in [-0.39, 0.29) is 5.92 Å². The first kappa shape index (κ1) is 13.8. The molecule has 20 heavy (non-hydrogen) atoms. The molecule has 0 spiro atoms. The number of hydrogen-bond donors (Lipinski definition) is 2. The molecule has 0 aromatic carbocycles. The summed E-state index contributed by atoms with van der Waals surface area (Å²) < 4.78 is 0.616. The van der Waals surface area contributed by atoms with Gasteiger partial charge in [-0.25, -0.2) is 4.98 Å². The summed E-state index contributed by atoms with van der Waals surface area (Å²) in [7, 11) is 0. The van der Waals surface area contributed by atoms with Crippen LogP contribution in [0, 0.1) is 4.64 Å². The Hall–Kier alpha value is -1.18. The fourth-order valence-electron chi connectivity index (χ4n) is 2.30. The summed E-state index contributed by atoms with van der Waals surface area (Å²) in [5.41, 5.74) is 0.868. The van der Waals surface area contributed by atoms with Crippen LogP contribution < -0.4 is 0 Å². The fourth-order valence-corrected chi connectivity index (χ4v) is 4.73. The Kier molecular flexibility index (Phi) is 3.66. The highest BCUT2D eigenvalue weighted by molar-refractivity contribution is 8.01. The number of fused-ring (bicyclic) bond motifs is 1. The quantitative estimate of drug-likeness (QED) is 0.668. The minimum absolute atomic E-state index is 0.112. The Bertz CT molecular complexity index is 709. The van der Waals surface area contributed by atoms with Crippen LogP contribution in [-0.2, 0) is 11.2 Å². The average Bonchev–Trinajstić information content (AvgIpc) is 2.97. The van der Waals surface area contributed by atoms with Crippen LogP contribution in [0.5, 0.6) is 0 Å². The molecule has 1 aliphatic rings. The first-order chi connectivity index (χ1) is 9.56. The van der Waals surface area contributed by atoms with Gasteiger partial charge >= 0.3 is 5.97 Å². The lowest BCUT2D eigenvalue weighted by Crippen LogP contribution is -2.18. The third kappa shape index (κ3) is 2.41. The van der Waals surface area contributed by atoms with Crippen molar-refractivity contribution in [1.82, 2.24) is 9.97 Å². The highest BCUT2D eigenvalue weighted by Crippen LogP contribution is 2.44. The second-order valence-electron chi connectivity index (χ2n) is 4.65. The van der Waals surface area contributed by atoms with Crippen molar-refractivity contribution in [2.45, 2.75) is 29.5 Å². The zero-order chi connectivity index (χ0) is 14.3. The van der Waals surface area contributed by atoms with Crippen LogP contribution in [0.3, 0.4) is 0 Å². The number of thiophene rings is 1. The standard InChI is InChI=1S/C13H12N2O2S3/c1-6-9-11(18)14-8(5-7-3-2-4-19-7)15-12(9)20-10(6)13(16)17/h2-4,6,10H,5H2,1H3,(H,16,17)(H,14,15,18). The first-order valence-corrected chi connectivity index (χ1v) is 8.28. The number of carboxylic acids is 1. The number of aliphatic carboxylic acids is 1. The van der Waals surface area contributed by atoms with E-state index in [1.165, 1.54) is 16.6 Å². The largest absolute Gasteiger partial charge is 0.480 e. The predicted molar refractivity (Wildman–Crippen MR) is 82.2 cm³/mol. The van der Waals surface area contributed by atoms with E-state index in [1.807, 2.05) is 24.4 Å². The Morgan fingerprint density at radius 3 is 3.05 bits per heavy atom. The second-order valence-corrected chi connectivity index (χ2v) is 7.22. The van der Waals surface area contributed by atoms with Crippen molar-refractivity contribution in [2.75, 3.05) is 0 Å². The lowest BCUT2D eigenvalue weighted by atomic mass is 10.0. The predicted octanol–water partition coefficient (Wildman–Crippen LogP) is 3.45. The first-order valence-electron chi connectivity index (χ1n) is 6.11. The maximum Gasteiger partial charge on any atom is 0.317 e. The molecule has 2 unspecified atom stereocenters. The van der Waals surface area contributed by atoms with Gasteiger partial charge in [-0.15, -0.1) is 11.3 Å². The summed E-state index contributed by atoms with van der Waals surface area (Å²) in [4.78, 5) is 20.1. The van der Waals surface area contributed by atoms with Crippen LogP contribution in [0.4, 0.5) is 0 Å². The second kappa shape index (κ2) is 5.31. The van der Waals surface area contributed by atoms with Crippen molar-refractivity contribution in [3.63, 3.8) is 0 Å². The minimum atomic E-state index is -0.810. The molecular formula is C13H12N2O2S3. The SMILES string of the molecule is CC1c2c(nc(Cc3cccs3)[nH]c2=S)SC1C(=O)O. The molecule has 0 amide bonds. The van der Waals surface area contributed by atoms with Crippen molar-refractivity contribution in [2.24, 2.45) is 0 Å². The van der Waals surface area contributed by atoms with Gasteiger partial charge in [0.25, 0.3) is 0 Å². The lowest BCUT2D eigenvalue weighted by Gasteiger charge is -2.08. The van der Waals surface area contributed by atoms with Gasteiger partial charge in [0.2, 0.25) is 0 Å². The Morgan fingerprint density at radius 2 is 2.40 bits per heavy atom. The number of aromatic amines is 1. The molecule has 2 atom stereocenters. The molecular weight excluding hydrogens is 312 g/mol. The number of aromatic nitrogens is 2.